The number of carbonyl (C=O) groups is 1. The number of nitrogens with zero attached hydrogens (tertiary/aromatic N) is 1. The van der Waals surface area contributed by atoms with Crippen LogP contribution >= 0.6 is 0 Å². The van der Waals surface area contributed by atoms with E-state index in [0.29, 0.717) is 22.8 Å². The molecule has 0 fully saturated rings. The summed E-state index contributed by atoms with van der Waals surface area (Å²) in [4.78, 5) is 12.1. The highest BCUT2D eigenvalue weighted by molar-refractivity contribution is 5.96. The van der Waals surface area contributed by atoms with Gasteiger partial charge >= 0.3 is 0 Å². The molecule has 0 radical (unpaired) electrons. The monoisotopic (exact) mass is 294 g/mol. The van der Waals surface area contributed by atoms with Crippen molar-refractivity contribution in [3.8, 4) is 17.2 Å². The third kappa shape index (κ3) is 4.37. The number of ether oxygens (including phenoxy) is 3. The molecule has 0 spiro atoms. The zero-order valence-electron chi connectivity index (χ0n) is 13.1. The maximum Gasteiger partial charge on any atom is 0.271 e. The summed E-state index contributed by atoms with van der Waals surface area (Å²) in [5.74, 6) is 0.972. The summed E-state index contributed by atoms with van der Waals surface area (Å²) in [5, 5.41) is 4.05. The molecule has 0 unspecified atom stereocenters. The zero-order valence-corrected chi connectivity index (χ0v) is 13.1. The Morgan fingerprint density at radius 1 is 1.14 bits per heavy atom. The van der Waals surface area contributed by atoms with Crippen molar-refractivity contribution in [3.63, 3.8) is 0 Å². The quantitative estimate of drug-likeness (QED) is 0.620. The van der Waals surface area contributed by atoms with Crippen LogP contribution in [0.4, 0.5) is 0 Å². The van der Waals surface area contributed by atoms with Crippen molar-refractivity contribution >= 4 is 11.6 Å². The molecule has 1 rings (SSSR count). The van der Waals surface area contributed by atoms with Gasteiger partial charge in [-0.2, -0.15) is 5.10 Å². The van der Waals surface area contributed by atoms with Crippen LogP contribution in [0, 0.1) is 0 Å². The molecule has 21 heavy (non-hydrogen) atoms. The van der Waals surface area contributed by atoms with Gasteiger partial charge in [0, 0.05) is 11.3 Å². The van der Waals surface area contributed by atoms with E-state index in [-0.39, 0.29) is 5.91 Å². The van der Waals surface area contributed by atoms with Crippen LogP contribution in [0.15, 0.2) is 17.2 Å². The number of nitrogens with one attached hydrogen (secondary N) is 1. The van der Waals surface area contributed by atoms with Gasteiger partial charge < -0.3 is 14.2 Å². The van der Waals surface area contributed by atoms with E-state index in [9.17, 15) is 4.79 Å². The van der Waals surface area contributed by atoms with E-state index in [1.165, 1.54) is 21.3 Å². The molecule has 1 amide bonds. The summed E-state index contributed by atoms with van der Waals surface area (Å²) < 4.78 is 15.6. The molecule has 0 bridgehead atoms. The average Bonchev–Trinajstić information content (AvgIpc) is 2.51. The van der Waals surface area contributed by atoms with Gasteiger partial charge in [0.05, 0.1) is 21.3 Å². The largest absolute Gasteiger partial charge is 0.493 e. The topological polar surface area (TPSA) is 69.2 Å². The Hall–Kier alpha value is -2.24. The average molecular weight is 294 g/mol. The summed E-state index contributed by atoms with van der Waals surface area (Å²) in [6, 6.07) is 3.17. The predicted octanol–water partition coefficient (Wildman–Crippen LogP) is 2.62. The maximum atomic E-state index is 12.1. The number of rotatable bonds is 7. The fourth-order valence-electron chi connectivity index (χ4n) is 1.84. The number of hydrazone groups is 1. The molecule has 1 N–H and O–H groups in total. The minimum absolute atomic E-state index is 0.329. The van der Waals surface area contributed by atoms with Gasteiger partial charge in [-0.05, 0) is 25.5 Å². The standard InChI is InChI=1S/C15H22N2O4/c1-6-7-10(2)16-17-15(18)11-8-12(19-3)14(21-5)13(9-11)20-4/h8-9H,6-7H2,1-5H3,(H,17,18)/b16-10+. The molecule has 0 aliphatic carbocycles. The van der Waals surface area contributed by atoms with E-state index in [0.717, 1.165) is 18.6 Å². The number of hydrogen-bond acceptors (Lipinski definition) is 5. The molecular weight excluding hydrogens is 272 g/mol. The molecule has 6 heteroatoms. The predicted molar refractivity (Wildman–Crippen MR) is 81.6 cm³/mol. The van der Waals surface area contributed by atoms with Crippen LogP contribution < -0.4 is 19.6 Å². The van der Waals surface area contributed by atoms with Gasteiger partial charge in [-0.1, -0.05) is 13.3 Å². The molecule has 0 saturated heterocycles. The number of carbonyl (C=O) groups excluding carboxylic acids is 1. The summed E-state index contributed by atoms with van der Waals surface area (Å²) in [6.45, 7) is 3.93. The van der Waals surface area contributed by atoms with E-state index >= 15 is 0 Å². The third-order valence-corrected chi connectivity index (χ3v) is 2.89. The Labute approximate surface area is 125 Å². The molecule has 0 aromatic heterocycles. The van der Waals surface area contributed by atoms with Gasteiger partial charge in [0.2, 0.25) is 5.75 Å². The number of benzene rings is 1. The van der Waals surface area contributed by atoms with E-state index in [2.05, 4.69) is 17.5 Å². The van der Waals surface area contributed by atoms with Gasteiger partial charge in [0.25, 0.3) is 5.91 Å². The number of methoxy groups -OCH3 is 3. The van der Waals surface area contributed by atoms with Gasteiger partial charge in [-0.15, -0.1) is 0 Å². The van der Waals surface area contributed by atoms with Crippen molar-refractivity contribution in [3.05, 3.63) is 17.7 Å². The normalized spacial score (nSPS) is 11.0. The van der Waals surface area contributed by atoms with Crippen LogP contribution in [0.3, 0.4) is 0 Å². The summed E-state index contributed by atoms with van der Waals surface area (Å²) in [5.41, 5.74) is 3.78. The van der Waals surface area contributed by atoms with Gasteiger partial charge in [0.1, 0.15) is 0 Å². The van der Waals surface area contributed by atoms with Crippen LogP contribution in [0.1, 0.15) is 37.0 Å². The third-order valence-electron chi connectivity index (χ3n) is 2.89. The molecule has 1 aromatic carbocycles. The van der Waals surface area contributed by atoms with E-state index in [1.54, 1.807) is 12.1 Å². The molecule has 116 valence electrons. The van der Waals surface area contributed by atoms with Crippen LogP contribution in [0.2, 0.25) is 0 Å². The van der Waals surface area contributed by atoms with Crippen molar-refractivity contribution in [2.75, 3.05) is 21.3 Å². The summed E-state index contributed by atoms with van der Waals surface area (Å²) in [6.07, 6.45) is 1.82. The zero-order chi connectivity index (χ0) is 15.8. The van der Waals surface area contributed by atoms with Crippen molar-refractivity contribution in [1.82, 2.24) is 5.43 Å². The van der Waals surface area contributed by atoms with Gasteiger partial charge in [-0.3, -0.25) is 4.79 Å². The molecule has 0 aliphatic rings. The Kier molecular flexibility index (Phi) is 6.52. The van der Waals surface area contributed by atoms with Crippen LogP contribution in [-0.2, 0) is 0 Å². The Morgan fingerprint density at radius 2 is 1.71 bits per heavy atom. The van der Waals surface area contributed by atoms with Crippen LogP contribution in [0.5, 0.6) is 17.2 Å². The second kappa shape index (κ2) is 8.14. The summed E-state index contributed by atoms with van der Waals surface area (Å²) in [7, 11) is 4.52. The first-order valence-electron chi connectivity index (χ1n) is 6.70. The van der Waals surface area contributed by atoms with Gasteiger partial charge in [-0.25, -0.2) is 5.43 Å². The van der Waals surface area contributed by atoms with Crippen molar-refractivity contribution in [2.24, 2.45) is 5.10 Å². The molecule has 0 heterocycles. The lowest BCUT2D eigenvalue weighted by Crippen LogP contribution is -2.19. The Morgan fingerprint density at radius 3 is 2.14 bits per heavy atom. The maximum absolute atomic E-state index is 12.1. The van der Waals surface area contributed by atoms with Crippen molar-refractivity contribution in [1.29, 1.82) is 0 Å². The van der Waals surface area contributed by atoms with Gasteiger partial charge in [0.15, 0.2) is 11.5 Å². The molecule has 0 saturated carbocycles. The lowest BCUT2D eigenvalue weighted by atomic mass is 10.1. The highest BCUT2D eigenvalue weighted by Crippen LogP contribution is 2.38. The Bertz CT molecular complexity index is 501. The van der Waals surface area contributed by atoms with Crippen molar-refractivity contribution in [2.45, 2.75) is 26.7 Å². The lowest BCUT2D eigenvalue weighted by Gasteiger charge is -2.13. The summed E-state index contributed by atoms with van der Waals surface area (Å²) >= 11 is 0. The van der Waals surface area contributed by atoms with E-state index < -0.39 is 0 Å². The molecular formula is C15H22N2O4. The highest BCUT2D eigenvalue weighted by atomic mass is 16.5. The van der Waals surface area contributed by atoms with E-state index in [1.807, 2.05) is 6.92 Å². The highest BCUT2D eigenvalue weighted by Gasteiger charge is 2.16. The number of hydrogen-bond donors (Lipinski definition) is 1. The minimum Gasteiger partial charge on any atom is -0.493 e. The smallest absolute Gasteiger partial charge is 0.271 e. The fraction of sp³-hybridized carbons (Fsp3) is 0.467. The lowest BCUT2D eigenvalue weighted by molar-refractivity contribution is 0.0954. The van der Waals surface area contributed by atoms with Crippen LogP contribution in [-0.4, -0.2) is 32.9 Å². The second-order valence-electron chi connectivity index (χ2n) is 4.45. The Balaban J connectivity index is 3.02. The van der Waals surface area contributed by atoms with Crippen molar-refractivity contribution < 1.29 is 19.0 Å². The SMILES string of the molecule is CCC/C(C)=N/NC(=O)c1cc(OC)c(OC)c(OC)c1. The molecule has 0 aliphatic heterocycles. The fourth-order valence-corrected chi connectivity index (χ4v) is 1.84. The first-order valence-corrected chi connectivity index (χ1v) is 6.70. The minimum atomic E-state index is -0.329. The van der Waals surface area contributed by atoms with E-state index in [4.69, 9.17) is 14.2 Å². The number of amides is 1. The second-order valence-corrected chi connectivity index (χ2v) is 4.45. The first kappa shape index (κ1) is 16.8. The molecule has 6 nitrogen and oxygen atoms in total. The molecule has 0 atom stereocenters. The molecule has 1 aromatic rings. The van der Waals surface area contributed by atoms with Crippen LogP contribution in [0.25, 0.3) is 0 Å². The first-order chi connectivity index (χ1) is 10.1.